The number of aromatic amines is 1. The Kier molecular flexibility index (Phi) is 6.09. The summed E-state index contributed by atoms with van der Waals surface area (Å²) < 4.78 is 27.3. The Balaban J connectivity index is 1.84. The first kappa shape index (κ1) is 20.0. The smallest absolute Gasteiger partial charge is 0.227 e. The van der Waals surface area contributed by atoms with Gasteiger partial charge in [-0.2, -0.15) is 0 Å². The number of aromatic nitrogens is 1. The zero-order chi connectivity index (χ0) is 20.3. The topological polar surface area (TPSA) is 39.3 Å². The van der Waals surface area contributed by atoms with E-state index in [0.29, 0.717) is 19.6 Å². The van der Waals surface area contributed by atoms with Crippen molar-refractivity contribution in [3.05, 3.63) is 70.9 Å². The molecule has 1 heterocycles. The molecule has 0 atom stereocenters. The quantitative estimate of drug-likeness (QED) is 0.670. The lowest BCUT2D eigenvalue weighted by atomic mass is 10.1. The largest absolute Gasteiger partial charge is 0.358 e. The summed E-state index contributed by atoms with van der Waals surface area (Å²) in [6, 6.07) is 10.8. The molecule has 148 valence electrons. The van der Waals surface area contributed by atoms with Gasteiger partial charge in [-0.1, -0.05) is 12.1 Å². The molecular formula is C22H25F2N3O. The van der Waals surface area contributed by atoms with Crippen LogP contribution in [0.15, 0.2) is 42.5 Å². The van der Waals surface area contributed by atoms with Gasteiger partial charge in [0.25, 0.3) is 0 Å². The van der Waals surface area contributed by atoms with Gasteiger partial charge in [-0.05, 0) is 62.5 Å². The number of benzene rings is 2. The second-order valence-electron chi connectivity index (χ2n) is 7.34. The van der Waals surface area contributed by atoms with Crippen LogP contribution in [0.3, 0.4) is 0 Å². The van der Waals surface area contributed by atoms with Crippen LogP contribution in [0.1, 0.15) is 16.8 Å². The van der Waals surface area contributed by atoms with E-state index in [1.165, 1.54) is 24.3 Å². The number of nitrogens with one attached hydrogen (secondary N) is 1. The number of fused-ring (bicyclic) bond motifs is 1. The van der Waals surface area contributed by atoms with Crippen molar-refractivity contribution in [1.82, 2.24) is 14.8 Å². The summed E-state index contributed by atoms with van der Waals surface area (Å²) in [6.45, 7) is 3.44. The molecule has 1 N–H and O–H groups in total. The van der Waals surface area contributed by atoms with Gasteiger partial charge in [-0.15, -0.1) is 0 Å². The van der Waals surface area contributed by atoms with Crippen LogP contribution >= 0.6 is 0 Å². The molecule has 0 bridgehead atoms. The van der Waals surface area contributed by atoms with E-state index in [1.807, 2.05) is 32.0 Å². The predicted molar refractivity (Wildman–Crippen MR) is 107 cm³/mol. The minimum Gasteiger partial charge on any atom is -0.358 e. The third-order valence-electron chi connectivity index (χ3n) is 4.84. The summed E-state index contributed by atoms with van der Waals surface area (Å²) in [7, 11) is 3.88. The molecule has 0 unspecified atom stereocenters. The number of rotatable bonds is 7. The highest BCUT2D eigenvalue weighted by Crippen LogP contribution is 2.24. The van der Waals surface area contributed by atoms with Crippen molar-refractivity contribution in [2.45, 2.75) is 19.9 Å². The fraction of sp³-hybridized carbons (Fsp3) is 0.318. The molecule has 3 aromatic rings. The number of hydrogen-bond donors (Lipinski definition) is 1. The van der Waals surface area contributed by atoms with Gasteiger partial charge in [-0.25, -0.2) is 8.78 Å². The molecule has 0 spiro atoms. The lowest BCUT2D eigenvalue weighted by Gasteiger charge is -2.25. The van der Waals surface area contributed by atoms with Crippen LogP contribution in [0, 0.1) is 18.6 Å². The number of hydrogen-bond acceptors (Lipinski definition) is 2. The minimum atomic E-state index is -0.329. The summed E-state index contributed by atoms with van der Waals surface area (Å²) in [5.74, 6) is -0.718. The molecule has 2 aromatic carbocycles. The molecule has 6 heteroatoms. The molecule has 0 aliphatic rings. The van der Waals surface area contributed by atoms with E-state index < -0.39 is 0 Å². The van der Waals surface area contributed by atoms with Crippen LogP contribution in [0.4, 0.5) is 8.78 Å². The second-order valence-corrected chi connectivity index (χ2v) is 7.34. The molecule has 0 aliphatic carbocycles. The molecular weight excluding hydrogens is 360 g/mol. The molecule has 0 aliphatic heterocycles. The van der Waals surface area contributed by atoms with Crippen molar-refractivity contribution in [1.29, 1.82) is 0 Å². The molecule has 1 aromatic heterocycles. The SMILES string of the molecule is Cc1[nH]c2ccc(F)cc2c1CC(=O)N(CCN(C)C)Cc1cccc(F)c1. The fourth-order valence-electron chi connectivity index (χ4n) is 3.31. The van der Waals surface area contributed by atoms with Crippen LogP contribution in [0.5, 0.6) is 0 Å². The van der Waals surface area contributed by atoms with Crippen LogP contribution < -0.4 is 0 Å². The van der Waals surface area contributed by atoms with E-state index in [4.69, 9.17) is 0 Å². The Morgan fingerprint density at radius 2 is 1.79 bits per heavy atom. The van der Waals surface area contributed by atoms with Gasteiger partial charge in [-0.3, -0.25) is 4.79 Å². The maximum absolute atomic E-state index is 13.7. The standard InChI is InChI=1S/C22H25F2N3O/c1-15-19(20-12-18(24)7-8-21(20)25-15)13-22(28)27(10-9-26(2)3)14-16-5-4-6-17(23)11-16/h4-8,11-12,25H,9-10,13-14H2,1-3H3. The Morgan fingerprint density at radius 3 is 2.50 bits per heavy atom. The molecule has 4 nitrogen and oxygen atoms in total. The van der Waals surface area contributed by atoms with E-state index in [0.717, 1.165) is 27.7 Å². The molecule has 0 saturated carbocycles. The highest BCUT2D eigenvalue weighted by Gasteiger charge is 2.19. The molecule has 28 heavy (non-hydrogen) atoms. The minimum absolute atomic E-state index is 0.0700. The third-order valence-corrected chi connectivity index (χ3v) is 4.84. The maximum Gasteiger partial charge on any atom is 0.227 e. The zero-order valence-electron chi connectivity index (χ0n) is 16.4. The first-order valence-corrected chi connectivity index (χ1v) is 9.27. The normalized spacial score (nSPS) is 11.4. The summed E-state index contributed by atoms with van der Waals surface area (Å²) in [4.78, 5) is 20.0. The van der Waals surface area contributed by atoms with E-state index >= 15 is 0 Å². The molecule has 0 fully saturated rings. The first-order valence-electron chi connectivity index (χ1n) is 9.27. The van der Waals surface area contributed by atoms with Gasteiger partial charge < -0.3 is 14.8 Å². The highest BCUT2D eigenvalue weighted by molar-refractivity contribution is 5.90. The van der Waals surface area contributed by atoms with Crippen LogP contribution in [0.2, 0.25) is 0 Å². The van der Waals surface area contributed by atoms with Crippen molar-refractivity contribution in [2.75, 3.05) is 27.2 Å². The van der Waals surface area contributed by atoms with E-state index in [2.05, 4.69) is 4.98 Å². The van der Waals surface area contributed by atoms with Crippen molar-refractivity contribution < 1.29 is 13.6 Å². The average Bonchev–Trinajstić information content (AvgIpc) is 2.93. The lowest BCUT2D eigenvalue weighted by Crippen LogP contribution is -2.37. The van der Waals surface area contributed by atoms with Crippen molar-refractivity contribution in [2.24, 2.45) is 0 Å². The summed E-state index contributed by atoms with van der Waals surface area (Å²) in [5, 5.41) is 0.726. The molecule has 3 rings (SSSR count). The third kappa shape index (κ3) is 4.75. The van der Waals surface area contributed by atoms with Crippen molar-refractivity contribution in [3.63, 3.8) is 0 Å². The second kappa shape index (κ2) is 8.52. The van der Waals surface area contributed by atoms with E-state index in [9.17, 15) is 13.6 Å². The number of nitrogens with zero attached hydrogens (tertiary/aromatic N) is 2. The molecule has 1 amide bonds. The Hall–Kier alpha value is -2.73. The number of halogens is 2. The number of amides is 1. The summed E-state index contributed by atoms with van der Waals surface area (Å²) in [6.07, 6.45) is 0.165. The van der Waals surface area contributed by atoms with Crippen molar-refractivity contribution >= 4 is 16.8 Å². The van der Waals surface area contributed by atoms with Crippen LogP contribution in [-0.2, 0) is 17.8 Å². The number of carbonyl (C=O) groups excluding carboxylic acids is 1. The van der Waals surface area contributed by atoms with Gasteiger partial charge in [0.15, 0.2) is 0 Å². The van der Waals surface area contributed by atoms with Gasteiger partial charge >= 0.3 is 0 Å². The predicted octanol–water partition coefficient (Wildman–Crippen LogP) is 3.89. The van der Waals surface area contributed by atoms with Crippen LogP contribution in [0.25, 0.3) is 10.9 Å². The number of carbonyl (C=O) groups is 1. The highest BCUT2D eigenvalue weighted by atomic mass is 19.1. The summed E-state index contributed by atoms with van der Waals surface area (Å²) in [5.41, 5.74) is 3.21. The van der Waals surface area contributed by atoms with E-state index in [1.54, 1.807) is 17.0 Å². The average molecular weight is 385 g/mol. The molecule has 0 saturated heterocycles. The monoisotopic (exact) mass is 385 g/mol. The van der Waals surface area contributed by atoms with Crippen LogP contribution in [-0.4, -0.2) is 47.9 Å². The van der Waals surface area contributed by atoms with Gasteiger partial charge in [0.2, 0.25) is 5.91 Å². The Morgan fingerprint density at radius 1 is 1.04 bits per heavy atom. The maximum atomic E-state index is 13.7. The number of likely N-dealkylation sites (N-methyl/N-ethyl adjacent to an activating group) is 1. The fourth-order valence-corrected chi connectivity index (χ4v) is 3.31. The Bertz CT molecular complexity index is 981. The molecule has 0 radical (unpaired) electrons. The zero-order valence-corrected chi connectivity index (χ0v) is 16.4. The number of aryl methyl sites for hydroxylation is 1. The first-order chi connectivity index (χ1) is 13.3. The van der Waals surface area contributed by atoms with Crippen molar-refractivity contribution in [3.8, 4) is 0 Å². The van der Waals surface area contributed by atoms with E-state index in [-0.39, 0.29) is 24.0 Å². The Labute approximate surface area is 163 Å². The summed E-state index contributed by atoms with van der Waals surface area (Å²) >= 11 is 0. The van der Waals surface area contributed by atoms with Gasteiger partial charge in [0, 0.05) is 36.2 Å². The van der Waals surface area contributed by atoms with Gasteiger partial charge in [0.1, 0.15) is 11.6 Å². The van der Waals surface area contributed by atoms with Gasteiger partial charge in [0.05, 0.1) is 6.42 Å². The lowest BCUT2D eigenvalue weighted by molar-refractivity contribution is -0.131. The number of H-pyrrole nitrogens is 1.